The molecule has 3 rings (SSSR count). The largest absolute Gasteiger partial charge is 0.459 e. The van der Waals surface area contributed by atoms with Crippen molar-refractivity contribution >= 4 is 29.5 Å². The highest BCUT2D eigenvalue weighted by Gasteiger charge is 2.54. The van der Waals surface area contributed by atoms with Crippen LogP contribution in [0.25, 0.3) is 0 Å². The average molecular weight is 1150 g/mol. The van der Waals surface area contributed by atoms with Gasteiger partial charge >= 0.3 is 17.8 Å². The maximum absolute atomic E-state index is 14.7. The summed E-state index contributed by atoms with van der Waals surface area (Å²) in [5, 5.41) is 49.2. The number of Topliss-reactive ketones (excluding diaryl/α,β-unsaturated/α-hetero) is 2. The molecule has 2 amide bonds. The number of cyclic esters (lactones) is 1. The summed E-state index contributed by atoms with van der Waals surface area (Å²) in [6.45, 7) is 19.2. The number of allylic oxidation sites excluding steroid dienone is 5. The van der Waals surface area contributed by atoms with Crippen LogP contribution in [0.5, 0.6) is 0 Å². The number of methoxy groups -OCH3 is 2. The summed E-state index contributed by atoms with van der Waals surface area (Å²) in [6, 6.07) is -2.24. The molecule has 16 atom stereocenters. The molecule has 464 valence electrons. The molecule has 81 heavy (non-hydrogen) atoms. The first kappa shape index (κ1) is 71.3. The van der Waals surface area contributed by atoms with E-state index in [0.29, 0.717) is 84.8 Å². The summed E-state index contributed by atoms with van der Waals surface area (Å²) >= 11 is 0. The van der Waals surface area contributed by atoms with Gasteiger partial charge in [-0.05, 0) is 102 Å². The van der Waals surface area contributed by atoms with Gasteiger partial charge in [-0.2, -0.15) is 0 Å². The number of nitrogens with zero attached hydrogens (tertiary/aromatic N) is 1. The molecular formula is C60H101N3O18. The molecule has 1 aliphatic carbocycles. The molecule has 1 saturated heterocycles. The molecular weight excluding hydrogens is 1050 g/mol. The lowest BCUT2D eigenvalue weighted by Gasteiger charge is -2.38. The number of carbonyl (C=O) groups is 5. The number of ketones is 2. The monoisotopic (exact) mass is 1150 g/mol. The van der Waals surface area contributed by atoms with Gasteiger partial charge in [-0.15, -0.1) is 0 Å². The Labute approximate surface area is 481 Å². The van der Waals surface area contributed by atoms with E-state index in [1.807, 2.05) is 51.2 Å². The molecule has 0 aromatic heterocycles. The van der Waals surface area contributed by atoms with Crippen LogP contribution in [-0.4, -0.2) is 202 Å². The van der Waals surface area contributed by atoms with Crippen molar-refractivity contribution in [2.75, 3.05) is 80.2 Å². The molecule has 3 aliphatic rings. The van der Waals surface area contributed by atoms with E-state index in [2.05, 4.69) is 5.32 Å². The number of esters is 1. The molecule has 0 aromatic carbocycles. The van der Waals surface area contributed by atoms with Crippen molar-refractivity contribution in [1.82, 2.24) is 10.2 Å². The zero-order valence-electron chi connectivity index (χ0n) is 50.3. The normalized spacial score (nSPS) is 34.7. The number of fused-ring (bicyclic) bond motifs is 2. The standard InChI is InChI=1S/C60H101N3O18/c1-12-47-57(69)79-51(46(61)34-44-21-23-49(52(35-44)74-11)80-59(71)62-24-25-76-28-29-78-31-30-77-27-26-75-14-3)37-48(64)41(7)33-43(9)54(66)55(67)53(65)42(8)32-38(4)18-16-15-17-19-39(5)50(73-10)36-45-22-20-40(6)56(68)60(72,81-45)58(70)63(47)13-2/h15-19,33,38,40-42,44-52,54-55,64,66-67,72H,12-14,20-32,34-37,61H2,1-11H3,(H,62,71)/b17-15+,18-16+,39-19+,43-33+/t38-,40-,41-,42-,44+,45+,46-,47+,48-,49-,50+,51?,52-,54-,55+,60?/m1/s1. The Bertz CT molecular complexity index is 2040. The predicted molar refractivity (Wildman–Crippen MR) is 303 cm³/mol. The molecule has 2 heterocycles. The Morgan fingerprint density at radius 3 is 2.05 bits per heavy atom. The van der Waals surface area contributed by atoms with Crippen molar-refractivity contribution in [3.63, 3.8) is 0 Å². The molecule has 21 nitrogen and oxygen atoms in total. The van der Waals surface area contributed by atoms with Gasteiger partial charge < -0.3 is 79.0 Å². The Balaban J connectivity index is 1.88. The first-order valence-electron chi connectivity index (χ1n) is 29.4. The van der Waals surface area contributed by atoms with E-state index < -0.39 is 114 Å². The van der Waals surface area contributed by atoms with Gasteiger partial charge in [-0.1, -0.05) is 71.1 Å². The van der Waals surface area contributed by atoms with Crippen LogP contribution >= 0.6 is 0 Å². The third kappa shape index (κ3) is 23.2. The molecule has 0 spiro atoms. The summed E-state index contributed by atoms with van der Waals surface area (Å²) in [5.74, 6) is -8.58. The Morgan fingerprint density at radius 1 is 0.778 bits per heavy atom. The van der Waals surface area contributed by atoms with E-state index in [1.165, 1.54) is 14.2 Å². The molecule has 0 radical (unpaired) electrons. The third-order valence-electron chi connectivity index (χ3n) is 15.7. The lowest BCUT2D eigenvalue weighted by molar-refractivity contribution is -0.230. The van der Waals surface area contributed by atoms with Crippen LogP contribution in [0.1, 0.15) is 127 Å². The topological polar surface area (TPSA) is 291 Å². The SMILES string of the molecule is CCOCCOCCOCCOCCNC(=O)O[C@@H]1CC[C@@H](C[C@@H](N)C2C[C@@H](O)[C@H](C)/C=C(\C)[C@@H](O)[C@@H](O)C(=O)[C@H](C)C[C@H](C)/C=C/C=C/C=C(\C)[C@@H](OC)C[C@@H]3CC[C@@H](C)C(=O)C(O)(O3)C(=O)N(CC)[C@@H](CC)C(=O)O2)C[C@H]1OC. The quantitative estimate of drug-likeness (QED) is 0.0378. The highest BCUT2D eigenvalue weighted by molar-refractivity contribution is 6.09. The van der Waals surface area contributed by atoms with Gasteiger partial charge in [0.1, 0.15) is 30.5 Å². The summed E-state index contributed by atoms with van der Waals surface area (Å²) in [6.07, 6.45) is 4.81. The van der Waals surface area contributed by atoms with Gasteiger partial charge in [0, 0.05) is 70.6 Å². The number of aliphatic hydroxyl groups is 4. The number of ether oxygens (including phenoxy) is 9. The molecule has 7 N–H and O–H groups in total. The van der Waals surface area contributed by atoms with Gasteiger partial charge in [0.2, 0.25) is 5.78 Å². The Kier molecular flexibility index (Phi) is 32.9. The van der Waals surface area contributed by atoms with Gasteiger partial charge in [-0.25, -0.2) is 9.59 Å². The van der Waals surface area contributed by atoms with Crippen molar-refractivity contribution in [1.29, 1.82) is 0 Å². The fourth-order valence-corrected chi connectivity index (χ4v) is 10.7. The smallest absolute Gasteiger partial charge is 0.407 e. The lowest BCUT2D eigenvalue weighted by atomic mass is 9.80. The second kappa shape index (κ2) is 37.4. The maximum Gasteiger partial charge on any atom is 0.407 e. The third-order valence-corrected chi connectivity index (χ3v) is 15.7. The number of likely N-dealkylation sites (N-methyl/N-ethyl adjacent to an activating group) is 1. The van der Waals surface area contributed by atoms with Crippen LogP contribution in [0.4, 0.5) is 4.79 Å². The molecule has 2 unspecified atom stereocenters. The minimum absolute atomic E-state index is 0.00107. The van der Waals surface area contributed by atoms with Crippen LogP contribution in [0.15, 0.2) is 47.6 Å². The van der Waals surface area contributed by atoms with E-state index in [0.717, 1.165) is 10.5 Å². The maximum atomic E-state index is 14.7. The Morgan fingerprint density at radius 2 is 1.43 bits per heavy atom. The van der Waals surface area contributed by atoms with Gasteiger partial charge in [0.25, 0.3) is 5.91 Å². The number of alkyl carbamates (subject to hydrolysis) is 1. The zero-order valence-corrected chi connectivity index (χ0v) is 50.3. The summed E-state index contributed by atoms with van der Waals surface area (Å²) < 4.78 is 51.6. The number of hydrogen-bond donors (Lipinski definition) is 6. The van der Waals surface area contributed by atoms with Gasteiger partial charge in [0.15, 0.2) is 5.78 Å². The average Bonchev–Trinajstić information content (AvgIpc) is 3.65. The number of carbonyl (C=O) groups excluding carboxylic acids is 5. The summed E-state index contributed by atoms with van der Waals surface area (Å²) in [5.41, 5.74) is 8.05. The highest BCUT2D eigenvalue weighted by Crippen LogP contribution is 2.35. The van der Waals surface area contributed by atoms with Crippen molar-refractivity contribution in [3.05, 3.63) is 47.6 Å². The van der Waals surface area contributed by atoms with Gasteiger partial charge in [-0.3, -0.25) is 14.4 Å². The van der Waals surface area contributed by atoms with Crippen molar-refractivity contribution in [2.45, 2.75) is 193 Å². The van der Waals surface area contributed by atoms with E-state index in [4.69, 9.17) is 48.4 Å². The minimum Gasteiger partial charge on any atom is -0.459 e. The lowest BCUT2D eigenvalue weighted by Crippen LogP contribution is -2.61. The van der Waals surface area contributed by atoms with Crippen LogP contribution in [0.2, 0.25) is 0 Å². The van der Waals surface area contributed by atoms with Crippen molar-refractivity contribution < 1.29 is 87.0 Å². The number of nitrogens with two attached hydrogens (primary N) is 1. The summed E-state index contributed by atoms with van der Waals surface area (Å²) in [7, 11) is 3.06. The Hall–Kier alpha value is -3.97. The molecule has 21 heteroatoms. The molecule has 0 aromatic rings. The second-order valence-electron chi connectivity index (χ2n) is 22.1. The van der Waals surface area contributed by atoms with E-state index in [1.54, 1.807) is 47.6 Å². The highest BCUT2D eigenvalue weighted by atomic mass is 16.6. The van der Waals surface area contributed by atoms with Crippen molar-refractivity contribution in [3.8, 4) is 0 Å². The number of nitrogens with one attached hydrogen (secondary N) is 1. The van der Waals surface area contributed by atoms with Crippen LogP contribution < -0.4 is 11.1 Å². The predicted octanol–water partition coefficient (Wildman–Crippen LogP) is 5.08. The molecule has 2 fully saturated rings. The van der Waals surface area contributed by atoms with E-state index >= 15 is 0 Å². The first-order valence-corrected chi connectivity index (χ1v) is 29.4. The summed E-state index contributed by atoms with van der Waals surface area (Å²) in [4.78, 5) is 70.9. The van der Waals surface area contributed by atoms with Crippen molar-refractivity contribution in [2.24, 2.45) is 35.3 Å². The van der Waals surface area contributed by atoms with E-state index in [9.17, 15) is 44.4 Å². The fraction of sp³-hybridized carbons (Fsp3) is 0.783. The van der Waals surface area contributed by atoms with Gasteiger partial charge in [0.05, 0.1) is 70.7 Å². The number of amides is 2. The number of hydrogen-bond acceptors (Lipinski definition) is 19. The molecule has 2 aliphatic heterocycles. The first-order chi connectivity index (χ1) is 38.6. The van der Waals surface area contributed by atoms with E-state index in [-0.39, 0.29) is 62.8 Å². The van der Waals surface area contributed by atoms with Crippen LogP contribution in [0, 0.1) is 29.6 Å². The zero-order chi connectivity index (χ0) is 60.2. The molecule has 2 bridgehead atoms. The minimum atomic E-state index is -2.94. The number of rotatable bonds is 21. The van der Waals surface area contributed by atoms with Crippen LogP contribution in [-0.2, 0) is 61.8 Å². The second-order valence-corrected chi connectivity index (χ2v) is 22.1. The van der Waals surface area contributed by atoms with Crippen LogP contribution in [0.3, 0.4) is 0 Å². The molecule has 1 saturated carbocycles. The number of aliphatic hydroxyl groups excluding tert-OH is 3. The fourth-order valence-electron chi connectivity index (χ4n) is 10.7.